The van der Waals surface area contributed by atoms with Crippen molar-refractivity contribution in [3.8, 4) is 0 Å². The van der Waals surface area contributed by atoms with Gasteiger partial charge < -0.3 is 14.2 Å². The van der Waals surface area contributed by atoms with Gasteiger partial charge >= 0.3 is 17.9 Å². The maximum Gasteiger partial charge on any atom is 0.306 e. The number of esters is 3. The number of hydrogen-bond acceptors (Lipinski definition) is 6. The Labute approximate surface area is 501 Å². The van der Waals surface area contributed by atoms with Crippen molar-refractivity contribution < 1.29 is 28.6 Å². The van der Waals surface area contributed by atoms with E-state index >= 15 is 0 Å². The van der Waals surface area contributed by atoms with E-state index < -0.39 is 6.10 Å². The average molecular weight is 1120 g/mol. The highest BCUT2D eigenvalue weighted by Crippen LogP contribution is 2.16. The minimum absolute atomic E-state index is 0.0937. The smallest absolute Gasteiger partial charge is 0.306 e. The van der Waals surface area contributed by atoms with Crippen LogP contribution in [0.2, 0.25) is 0 Å². The number of hydrogen-bond donors (Lipinski definition) is 0. The third-order valence-corrected chi connectivity index (χ3v) is 14.4. The van der Waals surface area contributed by atoms with E-state index in [0.717, 1.165) is 122 Å². The lowest BCUT2D eigenvalue weighted by atomic mass is 10.0. The molecule has 462 valence electrons. The molecule has 81 heavy (non-hydrogen) atoms. The van der Waals surface area contributed by atoms with Crippen LogP contribution in [0, 0.1) is 0 Å². The van der Waals surface area contributed by atoms with E-state index in [4.69, 9.17) is 14.2 Å². The second-order valence-electron chi connectivity index (χ2n) is 22.3. The van der Waals surface area contributed by atoms with Crippen LogP contribution in [-0.4, -0.2) is 37.2 Å². The largest absolute Gasteiger partial charge is 0.462 e. The maximum absolute atomic E-state index is 12.9. The predicted octanol–water partition coefficient (Wildman–Crippen LogP) is 23.6. The summed E-state index contributed by atoms with van der Waals surface area (Å²) in [4.78, 5) is 38.4. The van der Waals surface area contributed by atoms with Gasteiger partial charge in [0, 0.05) is 19.3 Å². The van der Waals surface area contributed by atoms with Crippen molar-refractivity contribution in [1.82, 2.24) is 0 Å². The fraction of sp³-hybridized carbons (Fsp3) is 0.693. The first-order valence-corrected chi connectivity index (χ1v) is 34.0. The minimum atomic E-state index is -0.802. The lowest BCUT2D eigenvalue weighted by Gasteiger charge is -2.18. The van der Waals surface area contributed by atoms with Gasteiger partial charge in [-0.15, -0.1) is 0 Å². The number of allylic oxidation sites excluding steroid dienone is 20. The Balaban J connectivity index is 4.41. The summed E-state index contributed by atoms with van der Waals surface area (Å²) in [5.74, 6) is -0.921. The molecule has 0 saturated heterocycles. The van der Waals surface area contributed by atoms with E-state index in [2.05, 4.69) is 142 Å². The van der Waals surface area contributed by atoms with Gasteiger partial charge in [-0.05, 0) is 128 Å². The van der Waals surface area contributed by atoms with Crippen molar-refractivity contribution >= 4 is 17.9 Å². The Morgan fingerprint density at radius 3 is 0.778 bits per heavy atom. The Morgan fingerprint density at radius 2 is 0.481 bits per heavy atom. The monoisotopic (exact) mass is 1120 g/mol. The zero-order valence-electron chi connectivity index (χ0n) is 53.0. The molecule has 0 aliphatic carbocycles. The molecular formula is C75H126O6. The first-order valence-electron chi connectivity index (χ1n) is 34.0. The molecule has 0 aliphatic rings. The standard InChI is InChI=1S/C75H126O6/c1-4-7-10-13-16-19-22-25-28-31-34-35-36-37-38-39-42-44-47-50-53-56-59-62-65-68-74(77)80-71-72(81-75(78)69-66-63-60-57-54-51-48-45-41-33-30-27-24-21-18-15-12-9-6-3)70-79-73(76)67-64-61-58-55-52-49-46-43-40-32-29-26-23-20-17-14-11-8-5-2/h7,9-10,12,16,18-19,21,25-30,34-35,41,45,51,54,72H,4-6,8,11,13-15,17,20,22-24,31-33,36-40,42-44,46-50,52-53,55-71H2,1-3H3/b10-7-,12-9-,19-16-,21-18-,28-25-,29-26-,30-27-,35-34-,45-41-,54-51-. The van der Waals surface area contributed by atoms with Crippen LogP contribution in [0.3, 0.4) is 0 Å². The van der Waals surface area contributed by atoms with Gasteiger partial charge in [-0.2, -0.15) is 0 Å². The molecule has 0 saturated carbocycles. The van der Waals surface area contributed by atoms with Gasteiger partial charge in [-0.25, -0.2) is 0 Å². The third-order valence-electron chi connectivity index (χ3n) is 14.4. The molecule has 0 aromatic carbocycles. The van der Waals surface area contributed by atoms with E-state index in [1.807, 2.05) is 0 Å². The molecule has 0 bridgehead atoms. The lowest BCUT2D eigenvalue weighted by Crippen LogP contribution is -2.30. The van der Waals surface area contributed by atoms with Crippen LogP contribution in [0.5, 0.6) is 0 Å². The van der Waals surface area contributed by atoms with Gasteiger partial charge in [0.1, 0.15) is 13.2 Å². The quantitative estimate of drug-likeness (QED) is 0.0261. The first kappa shape index (κ1) is 76.8. The highest BCUT2D eigenvalue weighted by Gasteiger charge is 2.19. The first-order chi connectivity index (χ1) is 40.0. The summed E-state index contributed by atoms with van der Waals surface area (Å²) < 4.78 is 17.0. The molecule has 0 aromatic heterocycles. The van der Waals surface area contributed by atoms with Gasteiger partial charge in [-0.1, -0.05) is 290 Å². The molecule has 0 N–H and O–H groups in total. The summed E-state index contributed by atoms with van der Waals surface area (Å²) in [6, 6.07) is 0. The van der Waals surface area contributed by atoms with Crippen LogP contribution in [-0.2, 0) is 28.6 Å². The summed E-state index contributed by atoms with van der Waals surface area (Å²) in [5.41, 5.74) is 0. The second-order valence-corrected chi connectivity index (χ2v) is 22.3. The summed E-state index contributed by atoms with van der Waals surface area (Å²) >= 11 is 0. The van der Waals surface area contributed by atoms with E-state index in [1.54, 1.807) is 0 Å². The average Bonchev–Trinajstić information content (AvgIpc) is 3.47. The fourth-order valence-electron chi connectivity index (χ4n) is 9.40. The van der Waals surface area contributed by atoms with Gasteiger partial charge in [-0.3, -0.25) is 14.4 Å². The normalized spacial score (nSPS) is 12.9. The van der Waals surface area contributed by atoms with Crippen LogP contribution in [0.15, 0.2) is 122 Å². The second kappa shape index (κ2) is 68.3. The van der Waals surface area contributed by atoms with Crippen molar-refractivity contribution in [3.05, 3.63) is 122 Å². The van der Waals surface area contributed by atoms with Crippen molar-refractivity contribution in [2.24, 2.45) is 0 Å². The molecule has 1 atom stereocenters. The fourth-order valence-corrected chi connectivity index (χ4v) is 9.40. The highest BCUT2D eigenvalue weighted by atomic mass is 16.6. The Hall–Kier alpha value is -4.19. The van der Waals surface area contributed by atoms with E-state index in [-0.39, 0.29) is 37.5 Å². The molecule has 0 aromatic rings. The topological polar surface area (TPSA) is 78.9 Å². The summed E-state index contributed by atoms with van der Waals surface area (Å²) in [7, 11) is 0. The molecule has 0 rings (SSSR count). The number of unbranched alkanes of at least 4 members (excludes halogenated alkanes) is 30. The zero-order valence-corrected chi connectivity index (χ0v) is 53.0. The predicted molar refractivity (Wildman–Crippen MR) is 353 cm³/mol. The van der Waals surface area contributed by atoms with Crippen LogP contribution < -0.4 is 0 Å². The number of rotatable bonds is 61. The van der Waals surface area contributed by atoms with Crippen LogP contribution in [0.4, 0.5) is 0 Å². The van der Waals surface area contributed by atoms with E-state index in [0.29, 0.717) is 12.8 Å². The number of carbonyl (C=O) groups excluding carboxylic acids is 3. The Bertz CT molecular complexity index is 1670. The lowest BCUT2D eigenvalue weighted by molar-refractivity contribution is -0.167. The SMILES string of the molecule is CC/C=C\C/C=C\C/C=C\C/C=C\C/C=C\CCCCCC(=O)OC(COC(=O)CCCCCCCCCCC/C=C\CCCCCCCC)COC(=O)CCCCCCCCCCCCCC/C=C\C/C=C\C/C=C\C/C=C\CC. The summed E-state index contributed by atoms with van der Waals surface area (Å²) in [6.07, 6.45) is 94.9. The van der Waals surface area contributed by atoms with Gasteiger partial charge in [0.15, 0.2) is 6.10 Å². The number of ether oxygens (including phenoxy) is 3. The van der Waals surface area contributed by atoms with Gasteiger partial charge in [0.05, 0.1) is 0 Å². The molecule has 0 aliphatic heterocycles. The molecule has 0 radical (unpaired) electrons. The molecule has 0 fully saturated rings. The maximum atomic E-state index is 12.9. The summed E-state index contributed by atoms with van der Waals surface area (Å²) in [6.45, 7) is 6.41. The molecule has 1 unspecified atom stereocenters. The molecule has 0 spiro atoms. The molecular weight excluding hydrogens is 997 g/mol. The van der Waals surface area contributed by atoms with Crippen molar-refractivity contribution in [3.63, 3.8) is 0 Å². The molecule has 0 heterocycles. The molecule has 0 amide bonds. The summed E-state index contributed by atoms with van der Waals surface area (Å²) in [5, 5.41) is 0. The van der Waals surface area contributed by atoms with Gasteiger partial charge in [0.2, 0.25) is 0 Å². The minimum Gasteiger partial charge on any atom is -0.462 e. The molecule has 6 heteroatoms. The van der Waals surface area contributed by atoms with Crippen LogP contribution in [0.25, 0.3) is 0 Å². The number of carbonyl (C=O) groups is 3. The van der Waals surface area contributed by atoms with Crippen LogP contribution in [0.1, 0.15) is 316 Å². The van der Waals surface area contributed by atoms with Crippen molar-refractivity contribution in [2.75, 3.05) is 13.2 Å². The Kier molecular flexibility index (Phi) is 64.8. The zero-order chi connectivity index (χ0) is 58.5. The molecule has 6 nitrogen and oxygen atoms in total. The van der Waals surface area contributed by atoms with E-state index in [1.165, 1.54) is 154 Å². The van der Waals surface area contributed by atoms with Crippen molar-refractivity contribution in [2.45, 2.75) is 322 Å². The van der Waals surface area contributed by atoms with E-state index in [9.17, 15) is 14.4 Å². The Morgan fingerprint density at radius 1 is 0.259 bits per heavy atom. The van der Waals surface area contributed by atoms with Crippen LogP contribution >= 0.6 is 0 Å². The van der Waals surface area contributed by atoms with Crippen molar-refractivity contribution in [1.29, 1.82) is 0 Å². The van der Waals surface area contributed by atoms with Gasteiger partial charge in [0.25, 0.3) is 0 Å². The highest BCUT2D eigenvalue weighted by molar-refractivity contribution is 5.71. The third kappa shape index (κ3) is 66.5.